The average Bonchev–Trinajstić information content (AvgIpc) is 0.747. The van der Waals surface area contributed by atoms with Crippen LogP contribution >= 0.6 is 0 Å². The van der Waals surface area contributed by atoms with Crippen molar-refractivity contribution >= 4 is 145 Å². The van der Waals surface area contributed by atoms with Crippen molar-refractivity contribution in [3.63, 3.8) is 0 Å². The summed E-state index contributed by atoms with van der Waals surface area (Å²) in [4.78, 5) is 49.4. The summed E-state index contributed by atoms with van der Waals surface area (Å²) in [5, 5.41) is 6.17. The van der Waals surface area contributed by atoms with E-state index < -0.39 is 0 Å². The van der Waals surface area contributed by atoms with Gasteiger partial charge in [0, 0.05) is 79.9 Å². The monoisotopic (exact) mass is 1130 g/mol. The fraction of sp³-hybridized carbons (Fsp3) is 0.0526. The predicted molar refractivity (Wildman–Crippen MR) is 360 cm³/mol. The molecule has 16 rings (SSSR count). The Morgan fingerprint density at radius 2 is 0.455 bits per heavy atom. The summed E-state index contributed by atoms with van der Waals surface area (Å²) in [6, 6.07) is 72.7. The Morgan fingerprint density at radius 3 is 0.693 bits per heavy atom. The quantitative estimate of drug-likeness (QED) is 0.108. The Balaban J connectivity index is 1.11. The van der Waals surface area contributed by atoms with Crippen LogP contribution in [-0.4, -0.2) is 39.9 Å². The largest absolute Gasteiger partial charge is 0.308 e. The summed E-state index contributed by atoms with van der Waals surface area (Å²) in [7, 11) is 0. The van der Waals surface area contributed by atoms with E-state index in [4.69, 9.17) is 39.9 Å². The molecule has 0 saturated carbocycles. The van der Waals surface area contributed by atoms with Crippen LogP contribution in [0.2, 0.25) is 0 Å². The van der Waals surface area contributed by atoms with Crippen LogP contribution in [0.3, 0.4) is 0 Å². The Kier molecular flexibility index (Phi) is 12.4. The zero-order chi connectivity index (χ0) is 59.0. The van der Waals surface area contributed by atoms with Crippen LogP contribution in [0, 0.1) is 27.7 Å². The number of aromatic nitrogens is 8. The molecule has 0 fully saturated rings. The van der Waals surface area contributed by atoms with Crippen molar-refractivity contribution < 1.29 is 0 Å². The minimum Gasteiger partial charge on any atom is -0.308 e. The summed E-state index contributed by atoms with van der Waals surface area (Å²) in [5.41, 5.74) is 21.8. The highest BCUT2D eigenvalue weighted by Gasteiger charge is 2.31. The highest BCUT2D eigenvalue weighted by atomic mass is 15.2. The molecule has 12 heteroatoms. The van der Waals surface area contributed by atoms with Gasteiger partial charge in [0.25, 0.3) is 0 Å². The van der Waals surface area contributed by atoms with Crippen LogP contribution in [0.4, 0.5) is 68.2 Å². The number of fused-ring (bicyclic) bond motifs is 4. The van der Waals surface area contributed by atoms with Crippen molar-refractivity contribution in [1.29, 1.82) is 0 Å². The minimum atomic E-state index is 0.784. The number of nitrogens with zero attached hydrogens (tertiary/aromatic N) is 12. The molecule has 0 unspecified atom stereocenters. The van der Waals surface area contributed by atoms with Crippen LogP contribution in [0.1, 0.15) is 22.3 Å². The minimum absolute atomic E-state index is 0.784. The first-order valence-electron chi connectivity index (χ1n) is 29.4. The molecule has 0 aliphatic rings. The third kappa shape index (κ3) is 8.68. The molecule has 88 heavy (non-hydrogen) atoms. The van der Waals surface area contributed by atoms with E-state index in [9.17, 15) is 0 Å². The normalized spacial score (nSPS) is 11.6. The number of aryl methyl sites for hydroxylation is 4. The zero-order valence-corrected chi connectivity index (χ0v) is 48.6. The molecule has 0 radical (unpaired) electrons. The van der Waals surface area contributed by atoms with Crippen molar-refractivity contribution in [3.8, 4) is 0 Å². The molecule has 8 aromatic carbocycles. The molecule has 8 heterocycles. The van der Waals surface area contributed by atoms with Crippen molar-refractivity contribution in [2.45, 2.75) is 27.7 Å². The SMILES string of the molecule is Cc1ccccc1N(c1cnc2cccnc2c1)c1cc(N(c2cnc3cccnc3c2)c2ccccc2C)c2ccc3c(N(c4cnc5cccnc5c4)c4ccccc4C)cc(N(c4cnc5cccnc5c4)c4ccccc4C)c4ccc1c2c43. The summed E-state index contributed by atoms with van der Waals surface area (Å²) in [6.07, 6.45) is 15.2. The van der Waals surface area contributed by atoms with Gasteiger partial charge in [0.15, 0.2) is 0 Å². The molecule has 0 atom stereocenters. The van der Waals surface area contributed by atoms with Gasteiger partial charge in [-0.1, -0.05) is 97.1 Å². The second-order valence-corrected chi connectivity index (χ2v) is 22.3. The van der Waals surface area contributed by atoms with Gasteiger partial charge in [-0.05, 0) is 159 Å². The highest BCUT2D eigenvalue weighted by Crippen LogP contribution is 2.56. The van der Waals surface area contributed by atoms with E-state index >= 15 is 0 Å². The second kappa shape index (κ2) is 21.1. The van der Waals surface area contributed by atoms with Gasteiger partial charge in [0.05, 0.1) is 114 Å². The first-order chi connectivity index (χ1) is 43.3. The Bertz CT molecular complexity index is 4760. The fourth-order valence-electron chi connectivity index (χ4n) is 12.8. The summed E-state index contributed by atoms with van der Waals surface area (Å²) in [6.45, 7) is 8.69. The second-order valence-electron chi connectivity index (χ2n) is 22.3. The number of para-hydroxylation sites is 4. The first-order valence-corrected chi connectivity index (χ1v) is 29.4. The molecule has 0 amide bonds. The van der Waals surface area contributed by atoms with Crippen molar-refractivity contribution in [3.05, 3.63) is 278 Å². The first kappa shape index (κ1) is 51.8. The molecule has 16 aromatic rings. The van der Waals surface area contributed by atoms with Gasteiger partial charge in [0.2, 0.25) is 0 Å². The molecule has 12 nitrogen and oxygen atoms in total. The Labute approximate surface area is 507 Å². The standard InChI is InChI=1S/C76H54N12/c1-47-17-5-9-25-67(47)85(51-37-63-59(81-43-51)21-13-33-77-63)71-41-72(86(68-26-10-6-18-48(68)2)52-38-64-60(82-44-52)22-14-34-78-64)56-31-32-58-74(88(70-28-12-8-20-50(70)4)54-40-66-62(84-46-54)24-16-36-80-66)42-73(57-30-29-55(71)75(56)76(57)58)87(69-27-11-7-19-49(69)3)53-39-65-61(83-45-53)23-15-35-79-65/h5-46H,1-4H3. The van der Waals surface area contributed by atoms with E-state index in [2.05, 4.69) is 205 Å². The van der Waals surface area contributed by atoms with E-state index in [-0.39, 0.29) is 0 Å². The smallest absolute Gasteiger partial charge is 0.0907 e. The molecular formula is C76H54N12. The summed E-state index contributed by atoms with van der Waals surface area (Å²) < 4.78 is 0. The third-order valence-electron chi connectivity index (χ3n) is 17.0. The molecule has 0 saturated heterocycles. The lowest BCUT2D eigenvalue weighted by molar-refractivity contribution is 1.21. The number of anilines is 12. The Morgan fingerprint density at radius 1 is 0.216 bits per heavy atom. The lowest BCUT2D eigenvalue weighted by Crippen LogP contribution is -2.17. The van der Waals surface area contributed by atoms with Gasteiger partial charge in [0.1, 0.15) is 0 Å². The van der Waals surface area contributed by atoms with Gasteiger partial charge < -0.3 is 19.6 Å². The topological polar surface area (TPSA) is 116 Å². The maximum absolute atomic E-state index is 5.11. The molecule has 418 valence electrons. The van der Waals surface area contributed by atoms with Crippen molar-refractivity contribution in [1.82, 2.24) is 39.9 Å². The van der Waals surface area contributed by atoms with E-state index in [0.717, 1.165) is 167 Å². The van der Waals surface area contributed by atoms with E-state index in [1.807, 2.05) is 98.1 Å². The molecule has 0 aliphatic heterocycles. The number of benzene rings is 8. The van der Waals surface area contributed by atoms with Crippen LogP contribution in [0.5, 0.6) is 0 Å². The van der Waals surface area contributed by atoms with Crippen LogP contribution in [-0.2, 0) is 0 Å². The van der Waals surface area contributed by atoms with Crippen LogP contribution in [0.25, 0.3) is 76.5 Å². The van der Waals surface area contributed by atoms with Crippen molar-refractivity contribution in [2.75, 3.05) is 19.6 Å². The maximum atomic E-state index is 5.11. The zero-order valence-electron chi connectivity index (χ0n) is 48.6. The fourth-order valence-corrected chi connectivity index (χ4v) is 12.8. The van der Waals surface area contributed by atoms with Gasteiger partial charge in [-0.25, -0.2) is 0 Å². The summed E-state index contributed by atoms with van der Waals surface area (Å²) in [5.74, 6) is 0. The number of hydrogen-bond acceptors (Lipinski definition) is 12. The van der Waals surface area contributed by atoms with Crippen LogP contribution < -0.4 is 19.6 Å². The molecule has 8 aromatic heterocycles. The van der Waals surface area contributed by atoms with Gasteiger partial charge in [-0.2, -0.15) is 0 Å². The maximum Gasteiger partial charge on any atom is 0.0907 e. The predicted octanol–water partition coefficient (Wildman–Crippen LogP) is 19.5. The Hall–Kier alpha value is -11.8. The lowest BCUT2D eigenvalue weighted by atomic mass is 9.89. The number of rotatable bonds is 12. The van der Waals surface area contributed by atoms with E-state index in [1.165, 1.54) is 0 Å². The highest BCUT2D eigenvalue weighted by molar-refractivity contribution is 6.33. The van der Waals surface area contributed by atoms with Gasteiger partial charge >= 0.3 is 0 Å². The van der Waals surface area contributed by atoms with E-state index in [1.54, 1.807) is 0 Å². The molecule has 0 bridgehead atoms. The van der Waals surface area contributed by atoms with Gasteiger partial charge in [-0.3, -0.25) is 39.9 Å². The van der Waals surface area contributed by atoms with Crippen molar-refractivity contribution in [2.24, 2.45) is 0 Å². The molecule has 0 spiro atoms. The molecular weight excluding hydrogens is 1080 g/mol. The third-order valence-corrected chi connectivity index (χ3v) is 17.0. The summed E-state index contributed by atoms with van der Waals surface area (Å²) >= 11 is 0. The number of hydrogen-bond donors (Lipinski definition) is 0. The number of pyridine rings is 8. The average molecular weight is 1140 g/mol. The van der Waals surface area contributed by atoms with E-state index in [0.29, 0.717) is 0 Å². The molecule has 0 aliphatic carbocycles. The lowest BCUT2D eigenvalue weighted by Gasteiger charge is -2.35. The van der Waals surface area contributed by atoms with Gasteiger partial charge in [-0.15, -0.1) is 0 Å². The van der Waals surface area contributed by atoms with Crippen LogP contribution in [0.15, 0.2) is 256 Å². The molecule has 0 N–H and O–H groups in total.